The van der Waals surface area contributed by atoms with Crippen molar-refractivity contribution < 1.29 is 0 Å². The van der Waals surface area contributed by atoms with Crippen molar-refractivity contribution in [2.24, 2.45) is 0 Å². The molecule has 5 heteroatoms. The molecule has 0 saturated carbocycles. The normalized spacial score (nSPS) is 15.8. The molecule has 15 heavy (non-hydrogen) atoms. The number of hydrogen-bond acceptors (Lipinski definition) is 2. The molecule has 0 atom stereocenters. The molecular weight excluding hydrogens is 214 g/mol. The number of aryl methyl sites for hydroxylation is 1. The van der Waals surface area contributed by atoms with Crippen molar-refractivity contribution in [2.45, 2.75) is 32.4 Å². The van der Waals surface area contributed by atoms with E-state index in [1.165, 1.54) is 4.68 Å². The van der Waals surface area contributed by atoms with Crippen LogP contribution in [-0.2, 0) is 19.5 Å². The molecule has 1 aliphatic rings. The van der Waals surface area contributed by atoms with Crippen molar-refractivity contribution in [3.63, 3.8) is 0 Å². The van der Waals surface area contributed by atoms with Gasteiger partial charge in [-0.05, 0) is 12.8 Å². The average molecular weight is 228 g/mol. The van der Waals surface area contributed by atoms with Crippen LogP contribution in [0, 0.1) is 0 Å². The van der Waals surface area contributed by atoms with E-state index in [2.05, 4.69) is 5.10 Å². The number of nitrogens with zero attached hydrogens (tertiary/aromatic N) is 3. The van der Waals surface area contributed by atoms with E-state index >= 15 is 0 Å². The van der Waals surface area contributed by atoms with Gasteiger partial charge in [-0.2, -0.15) is 5.10 Å². The van der Waals surface area contributed by atoms with Crippen LogP contribution in [-0.4, -0.2) is 20.2 Å². The summed E-state index contributed by atoms with van der Waals surface area (Å²) in [6, 6.07) is 0. The molecule has 0 aliphatic carbocycles. The first-order valence-corrected chi connectivity index (χ1v) is 5.74. The summed E-state index contributed by atoms with van der Waals surface area (Å²) in [7, 11) is 0. The minimum Gasteiger partial charge on any atom is -0.279 e. The van der Waals surface area contributed by atoms with E-state index in [1.54, 1.807) is 4.57 Å². The lowest BCUT2D eigenvalue weighted by molar-refractivity contribution is 0.511. The highest BCUT2D eigenvalue weighted by atomic mass is 35.5. The van der Waals surface area contributed by atoms with E-state index in [4.69, 9.17) is 11.6 Å². The minimum absolute atomic E-state index is 0.00363. The first-order chi connectivity index (χ1) is 7.33. The highest BCUT2D eigenvalue weighted by Gasteiger charge is 2.15. The van der Waals surface area contributed by atoms with Crippen LogP contribution in [0.15, 0.2) is 16.9 Å². The maximum atomic E-state index is 11.8. The number of fused-ring (bicyclic) bond motifs is 1. The Morgan fingerprint density at radius 2 is 2.27 bits per heavy atom. The largest absolute Gasteiger partial charge is 0.346 e. The van der Waals surface area contributed by atoms with E-state index < -0.39 is 0 Å². The fourth-order valence-corrected chi connectivity index (χ4v) is 1.93. The molecule has 1 aromatic heterocycles. The standard InChI is InChI=1S/C10H14ClN3O/c11-6-2-4-8-14-10(15)13-7-3-1-5-9(13)12-14/h2,4H,1,3,5-8H2/b4-2+. The molecule has 0 bridgehead atoms. The van der Waals surface area contributed by atoms with Crippen LogP contribution in [0.1, 0.15) is 18.7 Å². The highest BCUT2D eigenvalue weighted by molar-refractivity contribution is 6.18. The van der Waals surface area contributed by atoms with Gasteiger partial charge < -0.3 is 0 Å². The lowest BCUT2D eigenvalue weighted by Gasteiger charge is -2.09. The van der Waals surface area contributed by atoms with Gasteiger partial charge in [0.25, 0.3) is 0 Å². The van der Waals surface area contributed by atoms with Gasteiger partial charge in [0, 0.05) is 18.8 Å². The fourth-order valence-electron chi connectivity index (χ4n) is 1.80. The second kappa shape index (κ2) is 4.66. The molecule has 82 valence electrons. The Kier molecular flexibility index (Phi) is 3.26. The summed E-state index contributed by atoms with van der Waals surface area (Å²) in [4.78, 5) is 11.8. The van der Waals surface area contributed by atoms with Crippen molar-refractivity contribution >= 4 is 11.6 Å². The van der Waals surface area contributed by atoms with Gasteiger partial charge in [-0.15, -0.1) is 11.6 Å². The van der Waals surface area contributed by atoms with E-state index in [-0.39, 0.29) is 5.69 Å². The first-order valence-electron chi connectivity index (χ1n) is 5.20. The molecule has 0 radical (unpaired) electrons. The smallest absolute Gasteiger partial charge is 0.279 e. The SMILES string of the molecule is O=c1n(C/C=C/CCl)nc2n1CCCC2. The number of halogens is 1. The van der Waals surface area contributed by atoms with Crippen LogP contribution >= 0.6 is 11.6 Å². The fraction of sp³-hybridized carbons (Fsp3) is 0.600. The third-order valence-corrected chi connectivity index (χ3v) is 2.74. The van der Waals surface area contributed by atoms with Crippen LogP contribution in [0.2, 0.25) is 0 Å². The molecule has 0 saturated heterocycles. The third kappa shape index (κ3) is 2.15. The van der Waals surface area contributed by atoms with Gasteiger partial charge in [-0.3, -0.25) is 4.57 Å². The van der Waals surface area contributed by atoms with Crippen molar-refractivity contribution in [1.29, 1.82) is 0 Å². The van der Waals surface area contributed by atoms with Gasteiger partial charge in [0.05, 0.1) is 6.54 Å². The summed E-state index contributed by atoms with van der Waals surface area (Å²) in [5.74, 6) is 1.40. The topological polar surface area (TPSA) is 39.8 Å². The van der Waals surface area contributed by atoms with Crippen LogP contribution in [0.5, 0.6) is 0 Å². The molecule has 1 aromatic rings. The van der Waals surface area contributed by atoms with Gasteiger partial charge >= 0.3 is 5.69 Å². The predicted octanol–water partition coefficient (Wildman–Crippen LogP) is 1.18. The first kappa shape index (κ1) is 10.5. The van der Waals surface area contributed by atoms with E-state index in [0.717, 1.165) is 31.6 Å². The van der Waals surface area contributed by atoms with Gasteiger partial charge in [-0.25, -0.2) is 9.48 Å². The minimum atomic E-state index is 0.00363. The molecule has 2 rings (SSSR count). The summed E-state index contributed by atoms with van der Waals surface area (Å²) < 4.78 is 3.28. The summed E-state index contributed by atoms with van der Waals surface area (Å²) in [5.41, 5.74) is 0.00363. The zero-order chi connectivity index (χ0) is 10.7. The summed E-state index contributed by atoms with van der Waals surface area (Å²) in [6.07, 6.45) is 6.82. The van der Waals surface area contributed by atoms with Crippen molar-refractivity contribution in [3.8, 4) is 0 Å². The van der Waals surface area contributed by atoms with Crippen LogP contribution in [0.4, 0.5) is 0 Å². The van der Waals surface area contributed by atoms with Gasteiger partial charge in [0.1, 0.15) is 5.82 Å². The monoisotopic (exact) mass is 227 g/mol. The number of alkyl halides is 1. The van der Waals surface area contributed by atoms with E-state index in [0.29, 0.717) is 12.4 Å². The maximum Gasteiger partial charge on any atom is 0.346 e. The molecule has 0 N–H and O–H groups in total. The summed E-state index contributed by atoms with van der Waals surface area (Å²) in [6.45, 7) is 1.33. The second-order valence-corrected chi connectivity index (χ2v) is 3.92. The van der Waals surface area contributed by atoms with Gasteiger partial charge in [0.15, 0.2) is 0 Å². The second-order valence-electron chi connectivity index (χ2n) is 3.62. The highest BCUT2D eigenvalue weighted by Crippen LogP contribution is 2.09. The molecule has 0 unspecified atom stereocenters. The number of aromatic nitrogens is 3. The molecule has 2 heterocycles. The Hall–Kier alpha value is -1.03. The van der Waals surface area contributed by atoms with E-state index in [1.807, 2.05) is 12.2 Å². The van der Waals surface area contributed by atoms with Crippen molar-refractivity contribution in [2.75, 3.05) is 5.88 Å². The number of hydrogen-bond donors (Lipinski definition) is 0. The Bertz CT molecular complexity index is 419. The Balaban J connectivity index is 2.22. The lowest BCUT2D eigenvalue weighted by atomic mass is 10.2. The number of rotatable bonds is 3. The van der Waals surface area contributed by atoms with Crippen LogP contribution in [0.25, 0.3) is 0 Å². The molecule has 1 aliphatic heterocycles. The zero-order valence-corrected chi connectivity index (χ0v) is 9.28. The van der Waals surface area contributed by atoms with Crippen LogP contribution < -0.4 is 5.69 Å². The van der Waals surface area contributed by atoms with Gasteiger partial charge in [0.2, 0.25) is 0 Å². The molecule has 0 amide bonds. The quantitative estimate of drug-likeness (QED) is 0.575. The van der Waals surface area contributed by atoms with Gasteiger partial charge in [-0.1, -0.05) is 12.2 Å². The molecule has 0 spiro atoms. The van der Waals surface area contributed by atoms with Crippen LogP contribution in [0.3, 0.4) is 0 Å². The lowest BCUT2D eigenvalue weighted by Crippen LogP contribution is -2.26. The molecule has 0 aromatic carbocycles. The zero-order valence-electron chi connectivity index (χ0n) is 8.53. The Morgan fingerprint density at radius 1 is 1.40 bits per heavy atom. The van der Waals surface area contributed by atoms with Crippen molar-refractivity contribution in [3.05, 3.63) is 28.5 Å². The predicted molar refractivity (Wildman–Crippen MR) is 59.3 cm³/mol. The summed E-state index contributed by atoms with van der Waals surface area (Å²) >= 11 is 5.51. The Morgan fingerprint density at radius 3 is 3.00 bits per heavy atom. The maximum absolute atomic E-state index is 11.8. The third-order valence-electron chi connectivity index (χ3n) is 2.57. The molecule has 4 nitrogen and oxygen atoms in total. The van der Waals surface area contributed by atoms with Crippen molar-refractivity contribution in [1.82, 2.24) is 14.3 Å². The Labute approximate surface area is 93.2 Å². The molecule has 0 fully saturated rings. The molecular formula is C10H14ClN3O. The van der Waals surface area contributed by atoms with E-state index in [9.17, 15) is 4.79 Å². The summed E-state index contributed by atoms with van der Waals surface area (Å²) in [5, 5.41) is 4.29. The average Bonchev–Trinajstić information content (AvgIpc) is 2.57. The number of allylic oxidation sites excluding steroid dienone is 2.